The Balaban J connectivity index is 1.96. The van der Waals surface area contributed by atoms with E-state index in [0.717, 1.165) is 10.7 Å². The summed E-state index contributed by atoms with van der Waals surface area (Å²) in [7, 11) is 1.89. The maximum Gasteiger partial charge on any atom is 0.261 e. The normalized spacial score (nSPS) is 10.4. The topological polar surface area (TPSA) is 46.9 Å². The van der Waals surface area contributed by atoms with Crippen LogP contribution in [0.3, 0.4) is 0 Å². The first kappa shape index (κ1) is 11.2. The van der Waals surface area contributed by atoms with E-state index in [9.17, 15) is 4.79 Å². The molecule has 84 valence electrons. The Bertz CT molecular complexity index is 504. The van der Waals surface area contributed by atoms with Gasteiger partial charge in [0.05, 0.1) is 11.4 Å². The number of carbonyl (C=O) groups excluding carboxylic acids is 1. The van der Waals surface area contributed by atoms with Gasteiger partial charge < -0.3 is 9.88 Å². The molecule has 0 radical (unpaired) electrons. The number of hydrogen-bond donors (Lipinski definition) is 2. The molecule has 2 rings (SSSR count). The van der Waals surface area contributed by atoms with Crippen LogP contribution in [0.1, 0.15) is 15.5 Å². The lowest BCUT2D eigenvalue weighted by Gasteiger charge is -2.03. The number of thiol groups is 1. The molecule has 0 fully saturated rings. The predicted molar refractivity (Wildman–Crippen MR) is 65.9 cm³/mol. The third-order valence-corrected chi connectivity index (χ3v) is 3.50. The van der Waals surface area contributed by atoms with Crippen LogP contribution >= 0.6 is 24.0 Å². The number of nitrogens with one attached hydrogen (secondary N) is 1. The molecule has 6 heteroatoms. The highest BCUT2D eigenvalue weighted by molar-refractivity contribution is 7.80. The van der Waals surface area contributed by atoms with Gasteiger partial charge in [-0.05, 0) is 6.07 Å². The maximum atomic E-state index is 11.7. The van der Waals surface area contributed by atoms with Gasteiger partial charge in [0.1, 0.15) is 5.82 Å². The van der Waals surface area contributed by atoms with Gasteiger partial charge in [-0.1, -0.05) is 0 Å². The van der Waals surface area contributed by atoms with E-state index in [-0.39, 0.29) is 5.91 Å². The minimum atomic E-state index is -0.0895. The molecule has 0 unspecified atom stereocenters. The summed E-state index contributed by atoms with van der Waals surface area (Å²) in [6.07, 6.45) is 3.55. The Morgan fingerprint density at radius 1 is 1.69 bits per heavy atom. The fraction of sp³-hybridized carbons (Fsp3) is 0.200. The highest BCUT2D eigenvalue weighted by Gasteiger charge is 2.08. The highest BCUT2D eigenvalue weighted by atomic mass is 32.1. The summed E-state index contributed by atoms with van der Waals surface area (Å²) in [5.41, 5.74) is 0. The Hall–Kier alpha value is -1.27. The number of hydrogen-bond acceptors (Lipinski definition) is 4. The van der Waals surface area contributed by atoms with Gasteiger partial charge in [-0.25, -0.2) is 4.98 Å². The fourth-order valence-corrected chi connectivity index (χ4v) is 2.32. The molecule has 0 spiro atoms. The van der Waals surface area contributed by atoms with Gasteiger partial charge in [0.2, 0.25) is 0 Å². The molecule has 1 N–H and O–H groups in total. The van der Waals surface area contributed by atoms with Gasteiger partial charge in [0.25, 0.3) is 5.91 Å². The van der Waals surface area contributed by atoms with Crippen LogP contribution in [0.25, 0.3) is 0 Å². The molecule has 4 nitrogen and oxygen atoms in total. The maximum absolute atomic E-state index is 11.7. The van der Waals surface area contributed by atoms with Crippen molar-refractivity contribution in [1.82, 2.24) is 14.9 Å². The Morgan fingerprint density at radius 3 is 3.06 bits per heavy atom. The zero-order chi connectivity index (χ0) is 11.5. The Labute approximate surface area is 103 Å². The summed E-state index contributed by atoms with van der Waals surface area (Å²) in [6.45, 7) is 0.433. The summed E-state index contributed by atoms with van der Waals surface area (Å²) in [4.78, 5) is 17.3. The van der Waals surface area contributed by atoms with Crippen molar-refractivity contribution in [3.8, 4) is 0 Å². The lowest BCUT2D eigenvalue weighted by Crippen LogP contribution is -2.23. The molecule has 0 aliphatic heterocycles. The van der Waals surface area contributed by atoms with E-state index in [0.29, 0.717) is 11.4 Å². The molecular formula is C10H11N3OS2. The predicted octanol–water partition coefficient (Wildman–Crippen LogP) is 1.70. The summed E-state index contributed by atoms with van der Waals surface area (Å²) in [6, 6.07) is 1.75. The van der Waals surface area contributed by atoms with Crippen molar-refractivity contribution < 1.29 is 4.79 Å². The van der Waals surface area contributed by atoms with Crippen molar-refractivity contribution >= 4 is 29.9 Å². The van der Waals surface area contributed by atoms with Gasteiger partial charge in [-0.15, -0.1) is 24.0 Å². The molecule has 2 aromatic rings. The molecule has 0 aliphatic carbocycles. The van der Waals surface area contributed by atoms with E-state index in [1.54, 1.807) is 12.3 Å². The van der Waals surface area contributed by atoms with Crippen LogP contribution in [0.4, 0.5) is 0 Å². The van der Waals surface area contributed by atoms with E-state index >= 15 is 0 Å². The van der Waals surface area contributed by atoms with Gasteiger partial charge in [0, 0.05) is 29.7 Å². The molecule has 1 amide bonds. The van der Waals surface area contributed by atoms with Gasteiger partial charge in [-0.3, -0.25) is 4.79 Å². The molecule has 0 aromatic carbocycles. The van der Waals surface area contributed by atoms with Crippen LogP contribution < -0.4 is 5.32 Å². The largest absolute Gasteiger partial charge is 0.344 e. The second kappa shape index (κ2) is 4.71. The summed E-state index contributed by atoms with van der Waals surface area (Å²) >= 11 is 5.54. The monoisotopic (exact) mass is 253 g/mol. The van der Waals surface area contributed by atoms with Gasteiger partial charge >= 0.3 is 0 Å². The first-order valence-corrected chi connectivity index (χ1v) is 6.01. The quantitative estimate of drug-likeness (QED) is 0.818. The summed E-state index contributed by atoms with van der Waals surface area (Å²) in [5, 5.41) is 4.64. The number of nitrogens with zero attached hydrogens (tertiary/aromatic N) is 2. The Kier molecular flexibility index (Phi) is 3.31. The Morgan fingerprint density at radius 2 is 2.50 bits per heavy atom. The summed E-state index contributed by atoms with van der Waals surface area (Å²) in [5.74, 6) is 0.740. The minimum absolute atomic E-state index is 0.0895. The highest BCUT2D eigenvalue weighted by Crippen LogP contribution is 2.17. The van der Waals surface area contributed by atoms with Gasteiger partial charge in [0.15, 0.2) is 0 Å². The number of amides is 1. The number of carbonyl (C=O) groups is 1. The molecule has 0 saturated carbocycles. The van der Waals surface area contributed by atoms with E-state index in [2.05, 4.69) is 22.9 Å². The summed E-state index contributed by atoms with van der Waals surface area (Å²) < 4.78 is 1.87. The fourth-order valence-electron chi connectivity index (χ4n) is 1.26. The van der Waals surface area contributed by atoms with Crippen LogP contribution in [0.5, 0.6) is 0 Å². The molecule has 0 aliphatic rings. The lowest BCUT2D eigenvalue weighted by molar-refractivity contribution is 0.0953. The van der Waals surface area contributed by atoms with Gasteiger partial charge in [-0.2, -0.15) is 0 Å². The van der Waals surface area contributed by atoms with Crippen molar-refractivity contribution in [3.05, 3.63) is 34.5 Å². The second-order valence-electron chi connectivity index (χ2n) is 3.31. The lowest BCUT2D eigenvalue weighted by atomic mass is 10.4. The third-order valence-electron chi connectivity index (χ3n) is 2.14. The van der Waals surface area contributed by atoms with Crippen LogP contribution in [0.2, 0.25) is 0 Å². The third kappa shape index (κ3) is 2.45. The molecule has 0 atom stereocenters. The minimum Gasteiger partial charge on any atom is -0.344 e. The van der Waals surface area contributed by atoms with Crippen molar-refractivity contribution in [2.45, 2.75) is 11.4 Å². The van der Waals surface area contributed by atoms with Crippen LogP contribution in [0.15, 0.2) is 28.7 Å². The van der Waals surface area contributed by atoms with E-state index in [1.807, 2.05) is 23.2 Å². The molecule has 0 bridgehead atoms. The van der Waals surface area contributed by atoms with Crippen LogP contribution in [-0.4, -0.2) is 15.5 Å². The first-order valence-electron chi connectivity index (χ1n) is 4.68. The SMILES string of the molecule is Cn1ccnc1CNC(=O)c1cc(S)cs1. The number of aryl methyl sites for hydroxylation is 1. The van der Waals surface area contributed by atoms with E-state index in [4.69, 9.17) is 0 Å². The zero-order valence-electron chi connectivity index (χ0n) is 8.67. The molecule has 2 aromatic heterocycles. The first-order chi connectivity index (χ1) is 7.66. The smallest absolute Gasteiger partial charge is 0.261 e. The van der Waals surface area contributed by atoms with Crippen molar-refractivity contribution in [3.63, 3.8) is 0 Å². The average Bonchev–Trinajstić information content (AvgIpc) is 2.84. The second-order valence-corrected chi connectivity index (χ2v) is 4.73. The van der Waals surface area contributed by atoms with Crippen molar-refractivity contribution in [1.29, 1.82) is 0 Å². The molecular weight excluding hydrogens is 242 g/mol. The number of aromatic nitrogens is 2. The van der Waals surface area contributed by atoms with E-state index < -0.39 is 0 Å². The average molecular weight is 253 g/mol. The number of rotatable bonds is 3. The van der Waals surface area contributed by atoms with Crippen molar-refractivity contribution in [2.75, 3.05) is 0 Å². The van der Waals surface area contributed by atoms with E-state index in [1.165, 1.54) is 11.3 Å². The standard InChI is InChI=1S/C10H11N3OS2/c1-13-3-2-11-9(13)5-12-10(14)8-4-7(15)6-16-8/h2-4,6,15H,5H2,1H3,(H,12,14). The molecule has 16 heavy (non-hydrogen) atoms. The van der Waals surface area contributed by atoms with Crippen LogP contribution in [0, 0.1) is 0 Å². The zero-order valence-corrected chi connectivity index (χ0v) is 10.4. The number of thiophene rings is 1. The molecule has 0 saturated heterocycles. The van der Waals surface area contributed by atoms with Crippen molar-refractivity contribution in [2.24, 2.45) is 7.05 Å². The van der Waals surface area contributed by atoms with Crippen LogP contribution in [-0.2, 0) is 13.6 Å². The number of imidazole rings is 1. The molecule has 2 heterocycles.